The highest BCUT2D eigenvalue weighted by Gasteiger charge is 2.45. The van der Waals surface area contributed by atoms with Gasteiger partial charge in [0.2, 0.25) is 0 Å². The smallest absolute Gasteiger partial charge is 0.251 e. The van der Waals surface area contributed by atoms with Crippen molar-refractivity contribution in [1.82, 2.24) is 5.32 Å². The number of nitrogens with one attached hydrogen (secondary N) is 1. The lowest BCUT2D eigenvalue weighted by molar-refractivity contribution is 0.0135. The van der Waals surface area contributed by atoms with Gasteiger partial charge in [0.25, 0.3) is 5.91 Å². The molecule has 0 radical (unpaired) electrons. The number of thiophene rings is 1. The van der Waals surface area contributed by atoms with Crippen molar-refractivity contribution in [3.63, 3.8) is 0 Å². The molecular formula is C22H21NO2S. The zero-order valence-electron chi connectivity index (χ0n) is 14.4. The summed E-state index contributed by atoms with van der Waals surface area (Å²) in [6.07, 6.45) is 1.99. The Morgan fingerprint density at radius 2 is 1.77 bits per heavy atom. The lowest BCUT2D eigenvalue weighted by atomic mass is 9.88. The molecular weight excluding hydrogens is 342 g/mol. The van der Waals surface area contributed by atoms with Crippen LogP contribution in [0.2, 0.25) is 0 Å². The van der Waals surface area contributed by atoms with Crippen molar-refractivity contribution in [1.29, 1.82) is 0 Å². The van der Waals surface area contributed by atoms with Crippen molar-refractivity contribution < 1.29 is 9.90 Å². The minimum Gasteiger partial charge on any atom is -0.383 e. The fraction of sp³-hybridized carbons (Fsp3) is 0.227. The van der Waals surface area contributed by atoms with E-state index in [1.165, 1.54) is 0 Å². The monoisotopic (exact) mass is 363 g/mol. The van der Waals surface area contributed by atoms with E-state index in [1.807, 2.05) is 60.0 Å². The summed E-state index contributed by atoms with van der Waals surface area (Å²) in [7, 11) is 0. The van der Waals surface area contributed by atoms with E-state index in [0.29, 0.717) is 5.56 Å². The van der Waals surface area contributed by atoms with E-state index in [4.69, 9.17) is 0 Å². The van der Waals surface area contributed by atoms with Crippen LogP contribution in [0.1, 0.15) is 28.8 Å². The molecule has 26 heavy (non-hydrogen) atoms. The van der Waals surface area contributed by atoms with Crippen LogP contribution in [0.5, 0.6) is 0 Å². The summed E-state index contributed by atoms with van der Waals surface area (Å²) < 4.78 is 0. The quantitative estimate of drug-likeness (QED) is 0.680. The van der Waals surface area contributed by atoms with Crippen LogP contribution in [0.15, 0.2) is 71.4 Å². The van der Waals surface area contributed by atoms with E-state index < -0.39 is 5.60 Å². The first kappa shape index (κ1) is 17.0. The highest BCUT2D eigenvalue weighted by molar-refractivity contribution is 7.08. The van der Waals surface area contributed by atoms with Gasteiger partial charge in [-0.15, -0.1) is 0 Å². The van der Waals surface area contributed by atoms with Crippen LogP contribution in [0.25, 0.3) is 11.1 Å². The SMILES string of the molecule is O=C(NC[C@@](O)(c1ccccc1)C1CC1)c1ccc(-c2ccsc2)cc1. The normalized spacial score (nSPS) is 16.0. The third kappa shape index (κ3) is 3.43. The molecule has 3 aromatic rings. The molecule has 0 saturated heterocycles. The third-order valence-corrected chi connectivity index (χ3v) is 5.73. The Morgan fingerprint density at radius 1 is 1.04 bits per heavy atom. The van der Waals surface area contributed by atoms with Gasteiger partial charge in [-0.05, 0) is 64.4 Å². The van der Waals surface area contributed by atoms with Crippen molar-refractivity contribution in [2.75, 3.05) is 6.54 Å². The van der Waals surface area contributed by atoms with E-state index in [-0.39, 0.29) is 18.4 Å². The minimum atomic E-state index is -0.993. The first-order valence-electron chi connectivity index (χ1n) is 8.85. The Morgan fingerprint density at radius 3 is 2.38 bits per heavy atom. The van der Waals surface area contributed by atoms with Gasteiger partial charge in [-0.3, -0.25) is 4.79 Å². The molecule has 0 spiro atoms. The van der Waals surface area contributed by atoms with Crippen LogP contribution in [0.4, 0.5) is 0 Å². The summed E-state index contributed by atoms with van der Waals surface area (Å²) in [5.41, 5.74) is 2.74. The number of hydrogen-bond donors (Lipinski definition) is 2. The molecule has 4 heteroatoms. The minimum absolute atomic E-state index is 0.156. The Kier molecular flexibility index (Phi) is 4.62. The van der Waals surface area contributed by atoms with Gasteiger partial charge >= 0.3 is 0 Å². The highest BCUT2D eigenvalue weighted by Crippen LogP contribution is 2.45. The highest BCUT2D eigenvalue weighted by atomic mass is 32.1. The van der Waals surface area contributed by atoms with E-state index in [9.17, 15) is 9.90 Å². The molecule has 1 amide bonds. The number of carbonyl (C=O) groups excluding carboxylic acids is 1. The van der Waals surface area contributed by atoms with Gasteiger partial charge in [0.1, 0.15) is 5.60 Å². The molecule has 0 aliphatic heterocycles. The largest absolute Gasteiger partial charge is 0.383 e. The zero-order chi connectivity index (χ0) is 18.0. The predicted octanol–water partition coefficient (Wildman–Crippen LogP) is 4.44. The number of aliphatic hydroxyl groups is 1. The fourth-order valence-electron chi connectivity index (χ4n) is 3.33. The molecule has 4 rings (SSSR count). The number of carbonyl (C=O) groups is 1. The molecule has 0 bridgehead atoms. The third-order valence-electron chi connectivity index (χ3n) is 5.05. The molecule has 1 aliphatic carbocycles. The van der Waals surface area contributed by atoms with Gasteiger partial charge < -0.3 is 10.4 Å². The number of hydrogen-bond acceptors (Lipinski definition) is 3. The second kappa shape index (κ2) is 7.06. The van der Waals surface area contributed by atoms with Crippen molar-refractivity contribution in [3.05, 3.63) is 82.6 Å². The Hall–Kier alpha value is -2.43. The lowest BCUT2D eigenvalue weighted by Gasteiger charge is -2.29. The maximum absolute atomic E-state index is 12.5. The van der Waals surface area contributed by atoms with Crippen LogP contribution < -0.4 is 5.32 Å². The van der Waals surface area contributed by atoms with Crippen molar-refractivity contribution in [2.24, 2.45) is 5.92 Å². The molecule has 1 saturated carbocycles. The predicted molar refractivity (Wildman–Crippen MR) is 105 cm³/mol. The summed E-state index contributed by atoms with van der Waals surface area (Å²) in [6, 6.07) is 19.3. The second-order valence-corrected chi connectivity index (χ2v) is 7.62. The summed E-state index contributed by atoms with van der Waals surface area (Å²) in [4.78, 5) is 12.5. The van der Waals surface area contributed by atoms with Crippen LogP contribution in [0.3, 0.4) is 0 Å². The number of benzene rings is 2. The molecule has 132 valence electrons. The van der Waals surface area contributed by atoms with Gasteiger partial charge in [-0.1, -0.05) is 42.5 Å². The van der Waals surface area contributed by atoms with Crippen molar-refractivity contribution in [3.8, 4) is 11.1 Å². The second-order valence-electron chi connectivity index (χ2n) is 6.84. The lowest BCUT2D eigenvalue weighted by Crippen LogP contribution is -2.42. The first-order chi connectivity index (χ1) is 12.7. The van der Waals surface area contributed by atoms with Gasteiger partial charge in [0.15, 0.2) is 0 Å². The Labute approximate surface area is 157 Å². The Bertz CT molecular complexity index is 870. The van der Waals surface area contributed by atoms with Crippen molar-refractivity contribution >= 4 is 17.2 Å². The maximum atomic E-state index is 12.5. The van der Waals surface area contributed by atoms with Gasteiger partial charge in [-0.2, -0.15) is 11.3 Å². The van der Waals surface area contributed by atoms with Gasteiger partial charge in [0, 0.05) is 5.56 Å². The standard InChI is InChI=1S/C22H21NO2S/c24-21(17-8-6-16(7-9-17)18-12-13-26-14-18)23-15-22(25,20-10-11-20)19-4-2-1-3-5-19/h1-9,12-14,20,25H,10-11,15H2,(H,23,24)/t22-/m1/s1. The van der Waals surface area contributed by atoms with Crippen LogP contribution in [-0.2, 0) is 5.60 Å². The fourth-order valence-corrected chi connectivity index (χ4v) is 3.99. The number of rotatable bonds is 6. The van der Waals surface area contributed by atoms with E-state index >= 15 is 0 Å². The molecule has 1 fully saturated rings. The molecule has 1 heterocycles. The van der Waals surface area contributed by atoms with Gasteiger partial charge in [-0.25, -0.2) is 0 Å². The van der Waals surface area contributed by atoms with E-state index in [0.717, 1.165) is 29.5 Å². The molecule has 0 unspecified atom stereocenters. The van der Waals surface area contributed by atoms with E-state index in [2.05, 4.69) is 16.8 Å². The topological polar surface area (TPSA) is 49.3 Å². The van der Waals surface area contributed by atoms with Crippen LogP contribution in [-0.4, -0.2) is 17.6 Å². The summed E-state index contributed by atoms with van der Waals surface area (Å²) >= 11 is 1.66. The van der Waals surface area contributed by atoms with Crippen molar-refractivity contribution in [2.45, 2.75) is 18.4 Å². The first-order valence-corrected chi connectivity index (χ1v) is 9.80. The average Bonchev–Trinajstić information content (AvgIpc) is 3.42. The Balaban J connectivity index is 1.46. The molecule has 2 aromatic carbocycles. The summed E-state index contributed by atoms with van der Waals surface area (Å²) in [6.45, 7) is 0.229. The summed E-state index contributed by atoms with van der Waals surface area (Å²) in [5, 5.41) is 18.2. The van der Waals surface area contributed by atoms with Gasteiger partial charge in [0.05, 0.1) is 6.54 Å². The van der Waals surface area contributed by atoms with E-state index in [1.54, 1.807) is 11.3 Å². The summed E-state index contributed by atoms with van der Waals surface area (Å²) in [5.74, 6) is 0.0584. The number of amides is 1. The van der Waals surface area contributed by atoms with Crippen LogP contribution >= 0.6 is 11.3 Å². The molecule has 1 aliphatic rings. The molecule has 1 aromatic heterocycles. The molecule has 3 nitrogen and oxygen atoms in total. The molecule has 1 atom stereocenters. The average molecular weight is 363 g/mol. The molecule has 2 N–H and O–H groups in total. The van der Waals surface area contributed by atoms with Crippen LogP contribution in [0, 0.1) is 5.92 Å². The zero-order valence-corrected chi connectivity index (χ0v) is 15.2. The maximum Gasteiger partial charge on any atom is 0.251 e.